The summed E-state index contributed by atoms with van der Waals surface area (Å²) >= 11 is 0. The molecular formula is C35H49NO6. The summed E-state index contributed by atoms with van der Waals surface area (Å²) in [5.41, 5.74) is 4.01. The van der Waals surface area contributed by atoms with Gasteiger partial charge in [0.1, 0.15) is 12.2 Å². The summed E-state index contributed by atoms with van der Waals surface area (Å²) in [6.07, 6.45) is 0.244. The molecule has 0 saturated carbocycles. The van der Waals surface area contributed by atoms with Gasteiger partial charge >= 0.3 is 11.9 Å². The third kappa shape index (κ3) is 8.00. The Kier molecular flexibility index (Phi) is 11.4. The monoisotopic (exact) mass is 579 g/mol. The van der Waals surface area contributed by atoms with Crippen molar-refractivity contribution in [3.8, 4) is 11.1 Å². The van der Waals surface area contributed by atoms with Gasteiger partial charge in [-0.05, 0) is 54.9 Å². The number of methoxy groups -OCH3 is 1. The molecule has 0 unspecified atom stereocenters. The van der Waals surface area contributed by atoms with Gasteiger partial charge in [0.15, 0.2) is 0 Å². The van der Waals surface area contributed by atoms with E-state index in [4.69, 9.17) is 14.2 Å². The molecule has 0 fully saturated rings. The Hall–Kier alpha value is -3.19. The lowest BCUT2D eigenvalue weighted by Gasteiger charge is -2.39. The minimum atomic E-state index is -0.616. The van der Waals surface area contributed by atoms with Crippen molar-refractivity contribution in [1.29, 1.82) is 0 Å². The van der Waals surface area contributed by atoms with Crippen LogP contribution in [0.3, 0.4) is 0 Å². The fourth-order valence-electron chi connectivity index (χ4n) is 6.00. The van der Waals surface area contributed by atoms with Crippen LogP contribution in [0.2, 0.25) is 0 Å². The number of esters is 2. The fourth-order valence-corrected chi connectivity index (χ4v) is 6.00. The van der Waals surface area contributed by atoms with Gasteiger partial charge < -0.3 is 19.1 Å². The molecule has 1 aliphatic rings. The molecule has 3 rings (SSSR count). The number of rotatable bonds is 13. The second-order valence-corrected chi connectivity index (χ2v) is 12.9. The average molecular weight is 580 g/mol. The van der Waals surface area contributed by atoms with Gasteiger partial charge in [0.05, 0.1) is 30.9 Å². The second kappa shape index (κ2) is 14.3. The molecule has 230 valence electrons. The van der Waals surface area contributed by atoms with Crippen molar-refractivity contribution in [2.75, 3.05) is 20.8 Å². The van der Waals surface area contributed by atoms with Crippen LogP contribution in [0.25, 0.3) is 11.1 Å². The molecule has 0 heterocycles. The predicted molar refractivity (Wildman–Crippen MR) is 165 cm³/mol. The van der Waals surface area contributed by atoms with E-state index in [1.54, 1.807) is 19.1 Å². The molecular weight excluding hydrogens is 530 g/mol. The van der Waals surface area contributed by atoms with Crippen LogP contribution in [0.1, 0.15) is 84.8 Å². The number of hydrogen-bond donors (Lipinski definition) is 0. The van der Waals surface area contributed by atoms with Crippen LogP contribution in [0, 0.1) is 17.8 Å². The maximum Gasteiger partial charge on any atom is 0.309 e. The Morgan fingerprint density at radius 2 is 1.43 bits per heavy atom. The summed E-state index contributed by atoms with van der Waals surface area (Å²) in [7, 11) is 3.30. The van der Waals surface area contributed by atoms with E-state index in [-0.39, 0.29) is 55.1 Å². The first-order chi connectivity index (χ1) is 19.8. The smallest absolute Gasteiger partial charge is 0.309 e. The van der Waals surface area contributed by atoms with Gasteiger partial charge in [-0.3, -0.25) is 14.4 Å². The van der Waals surface area contributed by atoms with Crippen LogP contribution < -0.4 is 0 Å². The fraction of sp³-hybridized carbons (Fsp3) is 0.571. The van der Waals surface area contributed by atoms with Crippen molar-refractivity contribution in [3.05, 3.63) is 59.7 Å². The molecule has 42 heavy (non-hydrogen) atoms. The van der Waals surface area contributed by atoms with E-state index >= 15 is 0 Å². The van der Waals surface area contributed by atoms with Crippen LogP contribution in [-0.2, 0) is 28.6 Å². The van der Waals surface area contributed by atoms with Gasteiger partial charge in [0, 0.05) is 20.1 Å². The first kappa shape index (κ1) is 33.3. The summed E-state index contributed by atoms with van der Waals surface area (Å²) in [6, 6.07) is 16.1. The van der Waals surface area contributed by atoms with Crippen LogP contribution in [0.15, 0.2) is 48.5 Å². The third-order valence-corrected chi connectivity index (χ3v) is 8.38. The molecule has 0 spiro atoms. The van der Waals surface area contributed by atoms with E-state index in [9.17, 15) is 14.4 Å². The Bertz CT molecular complexity index is 1190. The minimum Gasteiger partial charge on any atom is -0.465 e. The topological polar surface area (TPSA) is 82.1 Å². The van der Waals surface area contributed by atoms with Crippen molar-refractivity contribution >= 4 is 17.8 Å². The van der Waals surface area contributed by atoms with Gasteiger partial charge in [-0.1, -0.05) is 82.6 Å². The van der Waals surface area contributed by atoms with E-state index in [1.807, 2.05) is 72.7 Å². The van der Waals surface area contributed by atoms with E-state index in [0.29, 0.717) is 0 Å². The summed E-state index contributed by atoms with van der Waals surface area (Å²) in [5.74, 6) is -1.58. The molecule has 4 atom stereocenters. The second-order valence-electron chi connectivity index (χ2n) is 12.9. The molecule has 7 heteroatoms. The first-order valence-electron chi connectivity index (χ1n) is 15.1. The Balaban J connectivity index is 1.72. The highest BCUT2D eigenvalue weighted by Gasteiger charge is 2.39. The molecule has 0 saturated heterocycles. The van der Waals surface area contributed by atoms with Gasteiger partial charge in [0.25, 0.3) is 0 Å². The van der Waals surface area contributed by atoms with E-state index in [2.05, 4.69) is 24.3 Å². The van der Waals surface area contributed by atoms with Gasteiger partial charge in [-0.15, -0.1) is 0 Å². The number of likely N-dealkylation sites (N-methyl/N-ethyl adjacent to an activating group) is 1. The SMILES string of the molecule is CC[C@H](C)[C@@H]([C@@H](CC(=O)OC(C)(C)C)OC)N(C)C(=O)[C@@H](CC(=O)OCC1c2ccccc2-c2ccccc21)C(C)C. The standard InChI is InChI=1S/C35H49NO6/c1-10-23(4)33(30(40-9)20-32(38)42-35(5,6)7)36(8)34(39)28(22(2)3)19-31(37)41-21-29-26-17-13-11-15-24(26)25-16-12-14-18-27(25)29/h11-18,22-23,28-30,33H,10,19-21H2,1-9H3/t23-,28-,30+,33-/m0/s1. The molecule has 2 aromatic carbocycles. The number of amides is 1. The maximum atomic E-state index is 14.0. The number of nitrogens with zero attached hydrogens (tertiary/aromatic N) is 1. The van der Waals surface area contributed by atoms with Crippen LogP contribution in [-0.4, -0.2) is 61.3 Å². The largest absolute Gasteiger partial charge is 0.465 e. The van der Waals surface area contributed by atoms with Crippen LogP contribution >= 0.6 is 0 Å². The van der Waals surface area contributed by atoms with Gasteiger partial charge in [-0.2, -0.15) is 0 Å². The molecule has 0 aliphatic heterocycles. The highest BCUT2D eigenvalue weighted by molar-refractivity contribution is 5.84. The van der Waals surface area contributed by atoms with Crippen molar-refractivity contribution in [2.45, 2.75) is 91.4 Å². The average Bonchev–Trinajstić information content (AvgIpc) is 3.26. The lowest BCUT2D eigenvalue weighted by atomic mass is 9.87. The number of benzene rings is 2. The third-order valence-electron chi connectivity index (χ3n) is 8.38. The lowest BCUT2D eigenvalue weighted by Crippen LogP contribution is -2.52. The van der Waals surface area contributed by atoms with E-state index in [1.165, 1.54) is 11.1 Å². The van der Waals surface area contributed by atoms with Gasteiger partial charge in [-0.25, -0.2) is 0 Å². The molecule has 7 nitrogen and oxygen atoms in total. The Morgan fingerprint density at radius 3 is 1.90 bits per heavy atom. The lowest BCUT2D eigenvalue weighted by molar-refractivity contribution is -0.161. The molecule has 0 radical (unpaired) electrons. The quantitative estimate of drug-likeness (QED) is 0.248. The van der Waals surface area contributed by atoms with Crippen LogP contribution in [0.5, 0.6) is 0 Å². The molecule has 0 N–H and O–H groups in total. The highest BCUT2D eigenvalue weighted by atomic mass is 16.6. The molecule has 2 aromatic rings. The van der Waals surface area contributed by atoms with Crippen molar-refractivity contribution in [1.82, 2.24) is 4.90 Å². The first-order valence-corrected chi connectivity index (χ1v) is 15.1. The highest BCUT2D eigenvalue weighted by Crippen LogP contribution is 2.44. The van der Waals surface area contributed by atoms with Crippen molar-refractivity contribution in [3.63, 3.8) is 0 Å². The predicted octanol–water partition coefficient (Wildman–Crippen LogP) is 6.62. The molecule has 0 bridgehead atoms. The minimum absolute atomic E-state index is 0.0200. The zero-order valence-electron chi connectivity index (χ0n) is 26.8. The summed E-state index contributed by atoms with van der Waals surface area (Å²) in [5, 5.41) is 0. The molecule has 1 amide bonds. The number of fused-ring (bicyclic) bond motifs is 3. The summed E-state index contributed by atoms with van der Waals surface area (Å²) < 4.78 is 17.2. The maximum absolute atomic E-state index is 14.0. The normalized spacial score (nSPS) is 15.8. The number of ether oxygens (including phenoxy) is 3. The Morgan fingerprint density at radius 1 is 0.881 bits per heavy atom. The summed E-state index contributed by atoms with van der Waals surface area (Å²) in [4.78, 5) is 41.5. The molecule has 1 aliphatic carbocycles. The zero-order chi connectivity index (χ0) is 31.2. The summed E-state index contributed by atoms with van der Waals surface area (Å²) in [6.45, 7) is 13.7. The van der Waals surface area contributed by atoms with Crippen molar-refractivity contribution < 1.29 is 28.6 Å². The Labute approximate surface area is 251 Å². The van der Waals surface area contributed by atoms with Crippen molar-refractivity contribution in [2.24, 2.45) is 17.8 Å². The number of hydrogen-bond acceptors (Lipinski definition) is 6. The van der Waals surface area contributed by atoms with Crippen LogP contribution in [0.4, 0.5) is 0 Å². The zero-order valence-corrected chi connectivity index (χ0v) is 26.8. The number of carbonyl (C=O) groups is 3. The number of carbonyl (C=O) groups excluding carboxylic acids is 3. The van der Waals surface area contributed by atoms with E-state index in [0.717, 1.165) is 17.5 Å². The molecule has 0 aromatic heterocycles. The van der Waals surface area contributed by atoms with E-state index < -0.39 is 23.6 Å². The van der Waals surface area contributed by atoms with Gasteiger partial charge in [0.2, 0.25) is 5.91 Å².